The minimum Gasteiger partial charge on any atom is -0.462 e. The topological polar surface area (TPSA) is 140 Å². The Kier molecular flexibility index (Phi) is 28.6. The third-order valence-corrected chi connectivity index (χ3v) is 7.66. The molecule has 2 unspecified atom stereocenters. The molecule has 3 atom stereocenters. The summed E-state index contributed by atoms with van der Waals surface area (Å²) in [5.41, 5.74) is 0. The molecule has 0 aromatic rings. The van der Waals surface area contributed by atoms with Gasteiger partial charge in [-0.1, -0.05) is 126 Å². The highest BCUT2D eigenvalue weighted by atomic mass is 31.2. The Labute approximate surface area is 278 Å². The van der Waals surface area contributed by atoms with Gasteiger partial charge in [-0.2, -0.15) is 0 Å². The van der Waals surface area contributed by atoms with Crippen molar-refractivity contribution < 1.29 is 43.0 Å². The number of aliphatic hydroxyl groups excluding tert-OH is 1. The van der Waals surface area contributed by atoms with Crippen LogP contribution < -0.4 is 0 Å². The summed E-state index contributed by atoms with van der Waals surface area (Å²) in [5.74, 6) is -0.228. The fraction of sp³-hybridized carbons (Fsp3) is 0.667. The van der Waals surface area contributed by atoms with Crippen LogP contribution >= 0.6 is 7.82 Å². The number of unbranched alkanes of at least 4 members (excludes halogenated alkanes) is 6. The standard InChI is InChI=1S/C36H61O9P/c1-4-6-7-8-16-21-26-33(37)27-22-17-11-9-10-12-19-24-29-36(39)45-34(31-44-46(40,41)42)30-43-35(38)28-23-18-14-13-15-20-25-32(3)5-2/h6-7,10-12,16-17,21-22,27,32-34,37H,4-5,8-9,13-15,18-20,23-26,28-31H2,1-3H3,(H2,40,41,42)/b7-6-,12-10-,17-11-,21-16-,27-22+/t32?,33?,34-/m1/s1. The third kappa shape index (κ3) is 31.7. The number of ether oxygens (including phenoxy) is 2. The summed E-state index contributed by atoms with van der Waals surface area (Å²) >= 11 is 0. The number of aliphatic hydroxyl groups is 1. The Morgan fingerprint density at radius 1 is 0.761 bits per heavy atom. The van der Waals surface area contributed by atoms with E-state index in [9.17, 15) is 19.3 Å². The first-order valence-corrected chi connectivity index (χ1v) is 18.6. The van der Waals surface area contributed by atoms with E-state index in [1.807, 2.05) is 42.5 Å². The number of phosphoric ester groups is 1. The smallest absolute Gasteiger partial charge is 0.462 e. The lowest BCUT2D eigenvalue weighted by molar-refractivity contribution is -0.161. The van der Waals surface area contributed by atoms with Crippen LogP contribution in [0.4, 0.5) is 0 Å². The second-order valence-electron chi connectivity index (χ2n) is 11.6. The molecule has 0 aliphatic carbocycles. The Hall–Kier alpha value is -2.29. The number of allylic oxidation sites excluding steroid dienone is 8. The highest BCUT2D eigenvalue weighted by molar-refractivity contribution is 7.46. The van der Waals surface area contributed by atoms with Gasteiger partial charge in [0, 0.05) is 12.8 Å². The lowest BCUT2D eigenvalue weighted by Gasteiger charge is -2.18. The van der Waals surface area contributed by atoms with Crippen LogP contribution in [-0.4, -0.2) is 52.3 Å². The van der Waals surface area contributed by atoms with Crippen molar-refractivity contribution in [3.8, 4) is 0 Å². The molecule has 0 aromatic heterocycles. The molecular weight excluding hydrogens is 607 g/mol. The lowest BCUT2D eigenvalue weighted by Crippen LogP contribution is -2.29. The largest absolute Gasteiger partial charge is 0.469 e. The number of phosphoric acid groups is 1. The van der Waals surface area contributed by atoms with Gasteiger partial charge in [-0.05, 0) is 50.9 Å². The van der Waals surface area contributed by atoms with Crippen molar-refractivity contribution in [2.24, 2.45) is 5.92 Å². The van der Waals surface area contributed by atoms with E-state index < -0.39 is 38.6 Å². The van der Waals surface area contributed by atoms with Crippen molar-refractivity contribution >= 4 is 19.8 Å². The average molecular weight is 669 g/mol. The van der Waals surface area contributed by atoms with Crippen LogP contribution in [0, 0.1) is 5.92 Å². The maximum absolute atomic E-state index is 12.3. The summed E-state index contributed by atoms with van der Waals surface area (Å²) in [6, 6.07) is 0. The van der Waals surface area contributed by atoms with Crippen LogP contribution in [0.25, 0.3) is 0 Å². The first kappa shape index (κ1) is 43.7. The average Bonchev–Trinajstić information content (AvgIpc) is 3.01. The van der Waals surface area contributed by atoms with E-state index in [4.69, 9.17) is 19.3 Å². The van der Waals surface area contributed by atoms with Gasteiger partial charge in [0.1, 0.15) is 6.61 Å². The van der Waals surface area contributed by atoms with Gasteiger partial charge in [-0.25, -0.2) is 4.57 Å². The molecule has 3 N–H and O–H groups in total. The molecule has 0 bridgehead atoms. The van der Waals surface area contributed by atoms with Crippen molar-refractivity contribution in [1.29, 1.82) is 0 Å². The molecule has 0 amide bonds. The van der Waals surface area contributed by atoms with E-state index in [0.29, 0.717) is 32.1 Å². The Morgan fingerprint density at radius 2 is 1.41 bits per heavy atom. The van der Waals surface area contributed by atoms with Gasteiger partial charge in [0.05, 0.1) is 12.7 Å². The predicted octanol–water partition coefficient (Wildman–Crippen LogP) is 8.61. The summed E-state index contributed by atoms with van der Waals surface area (Å²) in [4.78, 5) is 42.5. The minimum atomic E-state index is -4.78. The predicted molar refractivity (Wildman–Crippen MR) is 185 cm³/mol. The quantitative estimate of drug-likeness (QED) is 0.0235. The van der Waals surface area contributed by atoms with Crippen LogP contribution in [-0.2, 0) is 28.2 Å². The molecule has 0 spiro atoms. The van der Waals surface area contributed by atoms with Crippen LogP contribution in [0.2, 0.25) is 0 Å². The van der Waals surface area contributed by atoms with E-state index in [-0.39, 0.29) is 19.4 Å². The Bertz CT molecular complexity index is 965. The van der Waals surface area contributed by atoms with Crippen molar-refractivity contribution in [2.45, 2.75) is 136 Å². The molecule has 9 nitrogen and oxygen atoms in total. The van der Waals surface area contributed by atoms with Crippen molar-refractivity contribution in [2.75, 3.05) is 13.2 Å². The molecule has 0 aliphatic heterocycles. The van der Waals surface area contributed by atoms with Gasteiger partial charge < -0.3 is 24.4 Å². The number of esters is 2. The van der Waals surface area contributed by atoms with Gasteiger partial charge in [0.25, 0.3) is 0 Å². The van der Waals surface area contributed by atoms with Crippen LogP contribution in [0.1, 0.15) is 124 Å². The Morgan fingerprint density at radius 3 is 2.13 bits per heavy atom. The maximum atomic E-state index is 12.3. The lowest BCUT2D eigenvalue weighted by atomic mass is 10.00. The van der Waals surface area contributed by atoms with E-state index in [1.54, 1.807) is 6.08 Å². The molecule has 46 heavy (non-hydrogen) atoms. The molecule has 0 rings (SSSR count). The molecular formula is C36H61O9P. The van der Waals surface area contributed by atoms with E-state index in [2.05, 4.69) is 37.4 Å². The van der Waals surface area contributed by atoms with Crippen LogP contribution in [0.3, 0.4) is 0 Å². The zero-order valence-corrected chi connectivity index (χ0v) is 29.4. The van der Waals surface area contributed by atoms with Gasteiger partial charge in [0.2, 0.25) is 0 Å². The first-order chi connectivity index (χ1) is 22.1. The number of hydrogen-bond donors (Lipinski definition) is 3. The van der Waals surface area contributed by atoms with Crippen LogP contribution in [0.5, 0.6) is 0 Å². The molecule has 264 valence electrons. The maximum Gasteiger partial charge on any atom is 0.469 e. The second kappa shape index (κ2) is 30.1. The van der Waals surface area contributed by atoms with E-state index in [0.717, 1.165) is 38.0 Å². The van der Waals surface area contributed by atoms with Gasteiger partial charge >= 0.3 is 19.8 Å². The zero-order chi connectivity index (χ0) is 34.3. The second-order valence-corrected chi connectivity index (χ2v) is 12.8. The fourth-order valence-electron chi connectivity index (χ4n) is 4.23. The summed E-state index contributed by atoms with van der Waals surface area (Å²) in [5, 5.41) is 9.95. The number of hydrogen-bond acceptors (Lipinski definition) is 7. The van der Waals surface area contributed by atoms with Gasteiger partial charge in [-0.15, -0.1) is 0 Å². The highest BCUT2D eigenvalue weighted by Crippen LogP contribution is 2.35. The Balaban J connectivity index is 4.24. The monoisotopic (exact) mass is 668 g/mol. The van der Waals surface area contributed by atoms with Crippen molar-refractivity contribution in [3.63, 3.8) is 0 Å². The summed E-state index contributed by atoms with van der Waals surface area (Å²) in [6.45, 7) is 5.68. The van der Waals surface area contributed by atoms with Crippen molar-refractivity contribution in [3.05, 3.63) is 60.8 Å². The molecule has 0 heterocycles. The first-order valence-electron chi connectivity index (χ1n) is 17.1. The molecule has 0 fully saturated rings. The van der Waals surface area contributed by atoms with E-state index in [1.165, 1.54) is 25.7 Å². The van der Waals surface area contributed by atoms with Gasteiger partial charge in [0.15, 0.2) is 6.10 Å². The summed E-state index contributed by atoms with van der Waals surface area (Å²) in [7, 11) is -4.78. The number of rotatable bonds is 29. The summed E-state index contributed by atoms with van der Waals surface area (Å²) in [6.07, 6.45) is 31.4. The molecule has 10 heteroatoms. The SMILES string of the molecule is CC/C=C\C/C=C\CC(O)/C=C/C=C\C/C=C\CCCC(=O)O[C@H](COC(=O)CCCCCCCCC(C)CC)COP(=O)(O)O. The third-order valence-electron chi connectivity index (χ3n) is 7.17. The minimum absolute atomic E-state index is 0.0991. The highest BCUT2D eigenvalue weighted by Gasteiger charge is 2.22. The molecule has 0 radical (unpaired) electrons. The summed E-state index contributed by atoms with van der Waals surface area (Å²) < 4.78 is 26.1. The van der Waals surface area contributed by atoms with Gasteiger partial charge in [-0.3, -0.25) is 14.1 Å². The van der Waals surface area contributed by atoms with Crippen LogP contribution in [0.15, 0.2) is 60.8 Å². The normalized spacial score (nSPS) is 14.7. The molecule has 0 saturated carbocycles. The molecule has 0 saturated heterocycles. The fourth-order valence-corrected chi connectivity index (χ4v) is 4.59. The van der Waals surface area contributed by atoms with E-state index >= 15 is 0 Å². The zero-order valence-electron chi connectivity index (χ0n) is 28.5. The number of carbonyl (C=O) groups excluding carboxylic acids is 2. The molecule has 0 aliphatic rings. The molecule has 0 aromatic carbocycles. The number of carbonyl (C=O) groups is 2. The van der Waals surface area contributed by atoms with Crippen molar-refractivity contribution in [1.82, 2.24) is 0 Å².